The van der Waals surface area contributed by atoms with E-state index in [1.54, 1.807) is 0 Å². The third kappa shape index (κ3) is 43.8. The standard InChI is InChI=1S/C51H86O5/c1-4-7-10-13-16-19-21-23-25-26-28-29-31-33-35-38-41-44-50(52)55-48-49(47-54-46-43-40-37-18-15-12-9-6-3)56-51(53)45-42-39-36-34-32-30-27-24-22-20-17-14-11-8-5-2/h7,10,16-17,19-20,23-25,27-29,33,35,49H,4-6,8-9,11-15,18,21-22,26,30-32,34,36-48H2,1-3H3/b10-7-,19-16-,20-17-,25-23-,27-24-,29-28-,35-33-. The van der Waals surface area contributed by atoms with Crippen LogP contribution in [0.2, 0.25) is 0 Å². The first-order chi connectivity index (χ1) is 27.6. The summed E-state index contributed by atoms with van der Waals surface area (Å²) in [5, 5.41) is 0. The van der Waals surface area contributed by atoms with E-state index in [1.165, 1.54) is 77.0 Å². The van der Waals surface area contributed by atoms with E-state index in [-0.39, 0.29) is 25.2 Å². The average molecular weight is 779 g/mol. The van der Waals surface area contributed by atoms with Crippen LogP contribution in [0, 0.1) is 0 Å². The number of esters is 2. The fourth-order valence-electron chi connectivity index (χ4n) is 5.99. The molecule has 0 aromatic carbocycles. The molecule has 0 rings (SSSR count). The molecule has 0 spiro atoms. The zero-order valence-corrected chi connectivity index (χ0v) is 36.6. The minimum atomic E-state index is -0.565. The van der Waals surface area contributed by atoms with Gasteiger partial charge in [0.15, 0.2) is 6.10 Å². The van der Waals surface area contributed by atoms with Crippen molar-refractivity contribution in [1.29, 1.82) is 0 Å². The number of carbonyl (C=O) groups excluding carboxylic acids is 2. The van der Waals surface area contributed by atoms with Crippen molar-refractivity contribution in [1.82, 2.24) is 0 Å². The Morgan fingerprint density at radius 3 is 1.38 bits per heavy atom. The van der Waals surface area contributed by atoms with E-state index < -0.39 is 6.10 Å². The molecule has 5 heteroatoms. The Hall–Kier alpha value is -2.92. The van der Waals surface area contributed by atoms with E-state index in [0.29, 0.717) is 19.4 Å². The van der Waals surface area contributed by atoms with Crippen molar-refractivity contribution >= 4 is 11.9 Å². The summed E-state index contributed by atoms with van der Waals surface area (Å²) in [5.41, 5.74) is 0. The predicted molar refractivity (Wildman–Crippen MR) is 242 cm³/mol. The Kier molecular flexibility index (Phi) is 44.0. The normalized spacial score (nSPS) is 13.0. The van der Waals surface area contributed by atoms with Gasteiger partial charge in [0.1, 0.15) is 6.61 Å². The lowest BCUT2D eigenvalue weighted by Gasteiger charge is -2.18. The predicted octanol–water partition coefficient (Wildman–Crippen LogP) is 15.3. The molecule has 0 N–H and O–H groups in total. The van der Waals surface area contributed by atoms with E-state index in [9.17, 15) is 9.59 Å². The van der Waals surface area contributed by atoms with Crippen molar-refractivity contribution in [3.05, 3.63) is 85.1 Å². The quantitative estimate of drug-likeness (QED) is 0.0351. The molecule has 1 unspecified atom stereocenters. The van der Waals surface area contributed by atoms with Crippen molar-refractivity contribution in [2.24, 2.45) is 0 Å². The summed E-state index contributed by atoms with van der Waals surface area (Å²) in [5.74, 6) is -0.485. The van der Waals surface area contributed by atoms with Crippen molar-refractivity contribution in [2.45, 2.75) is 207 Å². The molecule has 0 fully saturated rings. The fraction of sp³-hybridized carbons (Fsp3) is 0.686. The topological polar surface area (TPSA) is 61.8 Å². The fourth-order valence-corrected chi connectivity index (χ4v) is 5.99. The van der Waals surface area contributed by atoms with Gasteiger partial charge in [0.05, 0.1) is 6.61 Å². The molecule has 0 radical (unpaired) electrons. The Bertz CT molecular complexity index is 1060. The van der Waals surface area contributed by atoms with Gasteiger partial charge < -0.3 is 14.2 Å². The molecule has 0 heterocycles. The Morgan fingerprint density at radius 2 is 0.821 bits per heavy atom. The summed E-state index contributed by atoms with van der Waals surface area (Å²) in [6.45, 7) is 7.58. The second-order valence-electron chi connectivity index (χ2n) is 14.9. The van der Waals surface area contributed by atoms with Gasteiger partial charge in [-0.2, -0.15) is 0 Å². The maximum atomic E-state index is 12.7. The summed E-state index contributed by atoms with van der Waals surface area (Å²) in [6.07, 6.45) is 60.1. The van der Waals surface area contributed by atoms with Crippen LogP contribution in [0.3, 0.4) is 0 Å². The minimum absolute atomic E-state index is 0.0475. The summed E-state index contributed by atoms with van der Waals surface area (Å²) in [4.78, 5) is 25.2. The monoisotopic (exact) mass is 779 g/mol. The van der Waals surface area contributed by atoms with Gasteiger partial charge in [-0.15, -0.1) is 0 Å². The zero-order valence-electron chi connectivity index (χ0n) is 36.6. The molecular formula is C51H86O5. The van der Waals surface area contributed by atoms with Crippen LogP contribution in [0.4, 0.5) is 0 Å². The molecule has 0 bridgehead atoms. The molecule has 1 atom stereocenters. The first kappa shape index (κ1) is 53.1. The van der Waals surface area contributed by atoms with Gasteiger partial charge >= 0.3 is 11.9 Å². The highest BCUT2D eigenvalue weighted by atomic mass is 16.6. The lowest BCUT2D eigenvalue weighted by atomic mass is 10.1. The van der Waals surface area contributed by atoms with Crippen LogP contribution in [0.5, 0.6) is 0 Å². The Labute approximate surface area is 346 Å². The Balaban J connectivity index is 4.33. The van der Waals surface area contributed by atoms with Gasteiger partial charge in [0.2, 0.25) is 0 Å². The van der Waals surface area contributed by atoms with Gasteiger partial charge in [-0.25, -0.2) is 0 Å². The lowest BCUT2D eigenvalue weighted by molar-refractivity contribution is -0.163. The maximum absolute atomic E-state index is 12.7. The second-order valence-corrected chi connectivity index (χ2v) is 14.9. The molecule has 0 aliphatic heterocycles. The average Bonchev–Trinajstić information content (AvgIpc) is 3.20. The molecule has 0 aromatic rings. The largest absolute Gasteiger partial charge is 0.462 e. The summed E-state index contributed by atoms with van der Waals surface area (Å²) >= 11 is 0. The number of hydrogen-bond acceptors (Lipinski definition) is 5. The summed E-state index contributed by atoms with van der Waals surface area (Å²) in [7, 11) is 0. The third-order valence-electron chi connectivity index (χ3n) is 9.42. The van der Waals surface area contributed by atoms with E-state index >= 15 is 0 Å². The van der Waals surface area contributed by atoms with Crippen molar-refractivity contribution < 1.29 is 23.8 Å². The van der Waals surface area contributed by atoms with Crippen LogP contribution in [0.1, 0.15) is 201 Å². The zero-order chi connectivity index (χ0) is 40.7. The first-order valence-corrected chi connectivity index (χ1v) is 23.1. The molecule has 320 valence electrons. The van der Waals surface area contributed by atoms with E-state index in [1.807, 2.05) is 0 Å². The number of unbranched alkanes of at least 4 members (excludes halogenated alkanes) is 16. The second kappa shape index (κ2) is 46.5. The highest BCUT2D eigenvalue weighted by molar-refractivity contribution is 5.70. The molecule has 0 aliphatic carbocycles. The van der Waals surface area contributed by atoms with Crippen LogP contribution >= 0.6 is 0 Å². The van der Waals surface area contributed by atoms with Crippen molar-refractivity contribution in [3.63, 3.8) is 0 Å². The minimum Gasteiger partial charge on any atom is -0.462 e. The van der Waals surface area contributed by atoms with Crippen LogP contribution in [-0.4, -0.2) is 37.9 Å². The molecule has 0 saturated heterocycles. The van der Waals surface area contributed by atoms with Gasteiger partial charge in [-0.05, 0) is 89.9 Å². The smallest absolute Gasteiger partial charge is 0.306 e. The maximum Gasteiger partial charge on any atom is 0.306 e. The lowest BCUT2D eigenvalue weighted by Crippen LogP contribution is -2.30. The van der Waals surface area contributed by atoms with E-state index in [2.05, 4.69) is 106 Å². The molecule has 0 amide bonds. The number of carbonyl (C=O) groups is 2. The van der Waals surface area contributed by atoms with Crippen LogP contribution in [-0.2, 0) is 23.8 Å². The van der Waals surface area contributed by atoms with Crippen LogP contribution < -0.4 is 0 Å². The number of rotatable bonds is 41. The summed E-state index contributed by atoms with van der Waals surface area (Å²) in [6, 6.07) is 0. The van der Waals surface area contributed by atoms with E-state index in [4.69, 9.17) is 14.2 Å². The van der Waals surface area contributed by atoms with E-state index in [0.717, 1.165) is 89.9 Å². The third-order valence-corrected chi connectivity index (χ3v) is 9.42. The molecule has 5 nitrogen and oxygen atoms in total. The molecule has 0 aromatic heterocycles. The highest BCUT2D eigenvalue weighted by Gasteiger charge is 2.17. The highest BCUT2D eigenvalue weighted by Crippen LogP contribution is 2.12. The molecule has 0 aliphatic rings. The number of hydrogen-bond donors (Lipinski definition) is 0. The van der Waals surface area contributed by atoms with Crippen molar-refractivity contribution in [3.8, 4) is 0 Å². The number of allylic oxidation sites excluding steroid dienone is 14. The Morgan fingerprint density at radius 1 is 0.411 bits per heavy atom. The number of ether oxygens (including phenoxy) is 3. The van der Waals surface area contributed by atoms with Crippen LogP contribution in [0.25, 0.3) is 0 Å². The van der Waals surface area contributed by atoms with Gasteiger partial charge in [-0.3, -0.25) is 9.59 Å². The SMILES string of the molecule is CC/C=C\C/C=C\C/C=C\C/C=C\C/C=C\CCCC(=O)OCC(COCCCCCCCCCC)OC(=O)CCCCCCC/C=C\C/C=C\CCCCC. The molecular weight excluding hydrogens is 693 g/mol. The molecule has 56 heavy (non-hydrogen) atoms. The van der Waals surface area contributed by atoms with Gasteiger partial charge in [0.25, 0.3) is 0 Å². The summed E-state index contributed by atoms with van der Waals surface area (Å²) < 4.78 is 17.2. The molecule has 0 saturated carbocycles. The van der Waals surface area contributed by atoms with Crippen molar-refractivity contribution in [2.75, 3.05) is 19.8 Å². The van der Waals surface area contributed by atoms with Gasteiger partial charge in [-0.1, -0.05) is 183 Å². The van der Waals surface area contributed by atoms with Crippen LogP contribution in [0.15, 0.2) is 85.1 Å². The van der Waals surface area contributed by atoms with Gasteiger partial charge in [0, 0.05) is 19.4 Å². The first-order valence-electron chi connectivity index (χ1n) is 23.1.